The topological polar surface area (TPSA) is 76.5 Å². The molecule has 2 amide bonds. The van der Waals surface area contributed by atoms with Crippen LogP contribution in [0.3, 0.4) is 0 Å². The van der Waals surface area contributed by atoms with Gasteiger partial charge in [0.25, 0.3) is 0 Å². The van der Waals surface area contributed by atoms with Gasteiger partial charge in [-0.1, -0.05) is 60.7 Å². The number of amides is 2. The van der Waals surface area contributed by atoms with Gasteiger partial charge in [0.15, 0.2) is 0 Å². The standard InChI is InChI=1S/C25H20FN5O/c26-19-13-11-17(12-14-19)22-15-23(31(28-22)25(27)32)21-16-30(20-9-5-2-6-10-20)29-24(21)18-7-3-1-4-8-18/h1-14,16,23H,15H2,(H2,27,32). The van der Waals surface area contributed by atoms with Crippen LogP contribution < -0.4 is 5.73 Å². The first kappa shape index (κ1) is 19.7. The zero-order chi connectivity index (χ0) is 22.1. The van der Waals surface area contributed by atoms with Crippen LogP contribution in [0.5, 0.6) is 0 Å². The second kappa shape index (κ2) is 8.11. The Morgan fingerprint density at radius 3 is 2.22 bits per heavy atom. The van der Waals surface area contributed by atoms with E-state index in [9.17, 15) is 9.18 Å². The molecule has 1 aromatic heterocycles. The number of rotatable bonds is 4. The summed E-state index contributed by atoms with van der Waals surface area (Å²) in [6, 6.07) is 24.5. The van der Waals surface area contributed by atoms with Gasteiger partial charge in [-0.3, -0.25) is 0 Å². The van der Waals surface area contributed by atoms with E-state index in [-0.39, 0.29) is 5.82 Å². The van der Waals surface area contributed by atoms with Crippen LogP contribution in [0.4, 0.5) is 9.18 Å². The van der Waals surface area contributed by atoms with E-state index in [1.165, 1.54) is 17.1 Å². The maximum Gasteiger partial charge on any atom is 0.335 e. The molecule has 158 valence electrons. The summed E-state index contributed by atoms with van der Waals surface area (Å²) in [7, 11) is 0. The Balaban J connectivity index is 1.60. The van der Waals surface area contributed by atoms with E-state index in [2.05, 4.69) is 5.10 Å². The largest absolute Gasteiger partial charge is 0.350 e. The number of hydrazone groups is 1. The van der Waals surface area contributed by atoms with Crippen LogP contribution in [0, 0.1) is 5.82 Å². The molecule has 0 fully saturated rings. The first-order valence-electron chi connectivity index (χ1n) is 10.2. The zero-order valence-corrected chi connectivity index (χ0v) is 17.1. The minimum atomic E-state index is -0.654. The van der Waals surface area contributed by atoms with Crippen molar-refractivity contribution in [3.63, 3.8) is 0 Å². The molecule has 7 heteroatoms. The van der Waals surface area contributed by atoms with E-state index < -0.39 is 12.1 Å². The summed E-state index contributed by atoms with van der Waals surface area (Å²) in [4.78, 5) is 12.3. The van der Waals surface area contributed by atoms with Crippen molar-refractivity contribution in [1.29, 1.82) is 0 Å². The molecule has 0 aliphatic carbocycles. The van der Waals surface area contributed by atoms with Crippen molar-refractivity contribution in [2.45, 2.75) is 12.5 Å². The fourth-order valence-corrected chi connectivity index (χ4v) is 3.94. The van der Waals surface area contributed by atoms with Crippen molar-refractivity contribution in [3.8, 4) is 16.9 Å². The molecule has 6 nitrogen and oxygen atoms in total. The van der Waals surface area contributed by atoms with Gasteiger partial charge in [0.05, 0.1) is 23.1 Å². The number of carbonyl (C=O) groups excluding carboxylic acids is 1. The average Bonchev–Trinajstić information content (AvgIpc) is 3.46. The van der Waals surface area contributed by atoms with E-state index in [0.717, 1.165) is 28.1 Å². The first-order valence-corrected chi connectivity index (χ1v) is 10.2. The molecule has 2 N–H and O–H groups in total. The fraction of sp³-hybridized carbons (Fsp3) is 0.0800. The number of benzene rings is 3. The summed E-state index contributed by atoms with van der Waals surface area (Å²) < 4.78 is 15.2. The van der Waals surface area contributed by atoms with Gasteiger partial charge in [-0.25, -0.2) is 18.9 Å². The maximum absolute atomic E-state index is 13.4. The first-order chi connectivity index (χ1) is 15.6. The predicted molar refractivity (Wildman–Crippen MR) is 121 cm³/mol. The van der Waals surface area contributed by atoms with E-state index in [0.29, 0.717) is 12.1 Å². The lowest BCUT2D eigenvalue weighted by Gasteiger charge is -2.19. The van der Waals surface area contributed by atoms with Crippen LogP contribution in [0.15, 0.2) is 96.2 Å². The minimum absolute atomic E-state index is 0.328. The lowest BCUT2D eigenvalue weighted by atomic mass is 9.96. The normalized spacial score (nSPS) is 15.6. The van der Waals surface area contributed by atoms with Gasteiger partial charge in [0.1, 0.15) is 5.82 Å². The molecule has 1 atom stereocenters. The van der Waals surface area contributed by atoms with Crippen LogP contribution >= 0.6 is 0 Å². The lowest BCUT2D eigenvalue weighted by molar-refractivity contribution is 0.196. The van der Waals surface area contributed by atoms with Gasteiger partial charge in [0, 0.05) is 23.7 Å². The molecule has 3 aromatic carbocycles. The minimum Gasteiger partial charge on any atom is -0.350 e. The summed E-state index contributed by atoms with van der Waals surface area (Å²) in [5.74, 6) is -0.328. The highest BCUT2D eigenvalue weighted by Gasteiger charge is 2.35. The zero-order valence-electron chi connectivity index (χ0n) is 17.1. The highest BCUT2D eigenvalue weighted by molar-refractivity contribution is 6.03. The monoisotopic (exact) mass is 425 g/mol. The molecule has 32 heavy (non-hydrogen) atoms. The highest BCUT2D eigenvalue weighted by Crippen LogP contribution is 2.38. The lowest BCUT2D eigenvalue weighted by Crippen LogP contribution is -2.32. The smallest absolute Gasteiger partial charge is 0.335 e. The van der Waals surface area contributed by atoms with E-state index >= 15 is 0 Å². The fourth-order valence-electron chi connectivity index (χ4n) is 3.94. The molecular formula is C25H20FN5O. The second-order valence-electron chi connectivity index (χ2n) is 7.54. The number of hydrogen-bond acceptors (Lipinski definition) is 3. The van der Waals surface area contributed by atoms with E-state index in [1.54, 1.807) is 16.8 Å². The Hall–Kier alpha value is -4.26. The Labute approximate surface area is 184 Å². The van der Waals surface area contributed by atoms with Crippen LogP contribution in [0.1, 0.15) is 23.6 Å². The molecule has 5 rings (SSSR count). The molecule has 1 aliphatic heterocycles. The Bertz CT molecular complexity index is 1280. The summed E-state index contributed by atoms with van der Waals surface area (Å²) in [6.07, 6.45) is 2.36. The number of urea groups is 1. The number of aromatic nitrogens is 2. The van der Waals surface area contributed by atoms with Gasteiger partial charge in [0.2, 0.25) is 0 Å². The van der Waals surface area contributed by atoms with Crippen LogP contribution in [-0.4, -0.2) is 26.5 Å². The number of hydrogen-bond donors (Lipinski definition) is 1. The Morgan fingerprint density at radius 2 is 1.56 bits per heavy atom. The Morgan fingerprint density at radius 1 is 0.906 bits per heavy atom. The Kier molecular flexibility index (Phi) is 4.99. The molecule has 0 spiro atoms. The van der Waals surface area contributed by atoms with Gasteiger partial charge in [-0.2, -0.15) is 10.2 Å². The van der Waals surface area contributed by atoms with Crippen molar-refractivity contribution in [2.24, 2.45) is 10.8 Å². The molecule has 4 aromatic rings. The molecule has 0 bridgehead atoms. The molecular weight excluding hydrogens is 405 g/mol. The number of nitrogens with zero attached hydrogens (tertiary/aromatic N) is 4. The van der Waals surface area contributed by atoms with Crippen molar-refractivity contribution in [1.82, 2.24) is 14.8 Å². The van der Waals surface area contributed by atoms with Crippen molar-refractivity contribution in [2.75, 3.05) is 0 Å². The molecule has 1 unspecified atom stereocenters. The third-order valence-electron chi connectivity index (χ3n) is 5.48. The third kappa shape index (κ3) is 3.65. The second-order valence-corrected chi connectivity index (χ2v) is 7.54. The van der Waals surface area contributed by atoms with Gasteiger partial charge in [-0.05, 0) is 29.8 Å². The molecule has 0 saturated carbocycles. The summed E-state index contributed by atoms with van der Waals surface area (Å²) >= 11 is 0. The summed E-state index contributed by atoms with van der Waals surface area (Å²) in [5, 5.41) is 10.6. The van der Waals surface area contributed by atoms with Gasteiger partial charge in [-0.15, -0.1) is 0 Å². The number of para-hydroxylation sites is 1. The van der Waals surface area contributed by atoms with Crippen LogP contribution in [0.25, 0.3) is 16.9 Å². The van der Waals surface area contributed by atoms with Crippen LogP contribution in [-0.2, 0) is 0 Å². The molecule has 1 aliphatic rings. The molecule has 0 radical (unpaired) electrons. The molecule has 0 saturated heterocycles. The maximum atomic E-state index is 13.4. The summed E-state index contributed by atoms with van der Waals surface area (Å²) in [6.45, 7) is 0. The quantitative estimate of drug-likeness (QED) is 0.504. The third-order valence-corrected chi connectivity index (χ3v) is 5.48. The van der Waals surface area contributed by atoms with E-state index in [4.69, 9.17) is 10.8 Å². The number of carbonyl (C=O) groups is 1. The van der Waals surface area contributed by atoms with Crippen LogP contribution in [0.2, 0.25) is 0 Å². The van der Waals surface area contributed by atoms with E-state index in [1.807, 2.05) is 66.9 Å². The number of halogens is 1. The number of primary amides is 1. The van der Waals surface area contributed by atoms with Crippen molar-refractivity contribution >= 4 is 11.7 Å². The van der Waals surface area contributed by atoms with Crippen molar-refractivity contribution < 1.29 is 9.18 Å². The SMILES string of the molecule is NC(=O)N1N=C(c2ccc(F)cc2)CC1c1cn(-c2ccccc2)nc1-c1ccccc1. The van der Waals surface area contributed by atoms with Crippen molar-refractivity contribution in [3.05, 3.63) is 108 Å². The van der Waals surface area contributed by atoms with Gasteiger partial charge < -0.3 is 5.73 Å². The predicted octanol–water partition coefficient (Wildman–Crippen LogP) is 4.91. The highest BCUT2D eigenvalue weighted by atomic mass is 19.1. The molecule has 2 heterocycles. The summed E-state index contributed by atoms with van der Waals surface area (Å²) in [5.41, 5.74) is 10.5. The average molecular weight is 425 g/mol. The number of nitrogens with two attached hydrogens (primary N) is 1. The van der Waals surface area contributed by atoms with Gasteiger partial charge >= 0.3 is 6.03 Å².